The molecule has 0 aromatic heterocycles. The molecule has 0 spiro atoms. The zero-order valence-corrected chi connectivity index (χ0v) is 16.1. The Labute approximate surface area is 158 Å². The van der Waals surface area contributed by atoms with E-state index in [4.69, 9.17) is 21.4 Å². The zero-order valence-electron chi connectivity index (χ0n) is 15.4. The van der Waals surface area contributed by atoms with E-state index in [1.54, 1.807) is 39.0 Å². The lowest BCUT2D eigenvalue weighted by atomic mass is 10.1. The number of benzene rings is 1. The minimum atomic E-state index is -1.08. The Morgan fingerprint density at radius 2 is 2.00 bits per heavy atom. The van der Waals surface area contributed by atoms with Crippen molar-refractivity contribution in [2.24, 2.45) is 4.99 Å². The van der Waals surface area contributed by atoms with Crippen LogP contribution in [-0.4, -0.2) is 41.9 Å². The predicted octanol–water partition coefficient (Wildman–Crippen LogP) is 3.46. The number of guanidine groups is 1. The summed E-state index contributed by atoms with van der Waals surface area (Å²) in [7, 11) is 0. The molecule has 144 valence electrons. The number of nitrogens with one attached hydrogen (secondary N) is 3. The summed E-state index contributed by atoms with van der Waals surface area (Å²) in [6, 6.07) is 5.23. The molecule has 0 aliphatic rings. The van der Waals surface area contributed by atoms with Crippen LogP contribution in [0.4, 0.5) is 15.3 Å². The Bertz CT molecular complexity index is 671. The highest BCUT2D eigenvalue weighted by Crippen LogP contribution is 2.21. The number of anilines is 1. The second-order valence-corrected chi connectivity index (χ2v) is 6.77. The van der Waals surface area contributed by atoms with Gasteiger partial charge in [0.1, 0.15) is 5.60 Å². The van der Waals surface area contributed by atoms with Crippen LogP contribution in [0.1, 0.15) is 33.3 Å². The van der Waals surface area contributed by atoms with Gasteiger partial charge in [-0.05, 0) is 51.8 Å². The first-order valence-corrected chi connectivity index (χ1v) is 8.55. The standard InChI is InChI=1S/C17H25ClN4O4/c1-5-19-14(22-16(25)26-17(2,3)4)21-12-7-6-11(13(18)10-12)8-9-20-15(23)24/h6-7,10,20H,5,8-9H2,1-4H3,(H,23,24)(H2,19,21,22,25). The van der Waals surface area contributed by atoms with Crippen LogP contribution < -0.4 is 16.0 Å². The number of hydrogen-bond acceptors (Lipinski definition) is 4. The summed E-state index contributed by atoms with van der Waals surface area (Å²) in [4.78, 5) is 26.6. The number of carboxylic acid groups (broad SMARTS) is 1. The van der Waals surface area contributed by atoms with E-state index < -0.39 is 17.8 Å². The average Bonchev–Trinajstić information content (AvgIpc) is 2.47. The van der Waals surface area contributed by atoms with E-state index in [0.717, 1.165) is 5.56 Å². The van der Waals surface area contributed by atoms with E-state index in [1.165, 1.54) is 0 Å². The fourth-order valence-corrected chi connectivity index (χ4v) is 2.21. The highest BCUT2D eigenvalue weighted by atomic mass is 35.5. The number of rotatable bonds is 5. The van der Waals surface area contributed by atoms with Crippen molar-refractivity contribution in [2.45, 2.75) is 39.7 Å². The number of aliphatic imine (C=N–C) groups is 1. The molecule has 0 aliphatic carbocycles. The van der Waals surface area contributed by atoms with Gasteiger partial charge in [0.2, 0.25) is 5.96 Å². The fourth-order valence-electron chi connectivity index (χ4n) is 1.94. The molecule has 26 heavy (non-hydrogen) atoms. The van der Waals surface area contributed by atoms with Crippen molar-refractivity contribution >= 4 is 35.4 Å². The van der Waals surface area contributed by atoms with Crippen LogP contribution in [0.3, 0.4) is 0 Å². The first kappa shape index (κ1) is 21.6. The van der Waals surface area contributed by atoms with Gasteiger partial charge in [-0.2, -0.15) is 0 Å². The number of hydrogen-bond donors (Lipinski definition) is 4. The van der Waals surface area contributed by atoms with Gasteiger partial charge in [0.05, 0.1) is 0 Å². The van der Waals surface area contributed by atoms with Crippen molar-refractivity contribution in [3.8, 4) is 0 Å². The summed E-state index contributed by atoms with van der Waals surface area (Å²) in [5, 5.41) is 16.9. The molecule has 1 aromatic rings. The van der Waals surface area contributed by atoms with Crippen molar-refractivity contribution in [2.75, 3.05) is 18.4 Å². The van der Waals surface area contributed by atoms with E-state index in [0.29, 0.717) is 23.7 Å². The highest BCUT2D eigenvalue weighted by molar-refractivity contribution is 6.31. The first-order chi connectivity index (χ1) is 12.1. The molecule has 0 atom stereocenters. The molecule has 8 nitrogen and oxygen atoms in total. The number of alkyl carbamates (subject to hydrolysis) is 1. The van der Waals surface area contributed by atoms with Crippen LogP contribution >= 0.6 is 11.6 Å². The number of ether oxygens (including phenoxy) is 1. The summed E-state index contributed by atoms with van der Waals surface area (Å²) < 4.78 is 5.21. The Kier molecular flexibility index (Phi) is 8.18. The lowest BCUT2D eigenvalue weighted by Crippen LogP contribution is -2.40. The SMILES string of the molecule is CCN=C(NC(=O)OC(C)(C)C)Nc1ccc(CCNC(=O)O)c(Cl)c1. The first-order valence-electron chi connectivity index (χ1n) is 8.17. The van der Waals surface area contributed by atoms with Crippen LogP contribution in [0, 0.1) is 0 Å². The number of amides is 2. The largest absolute Gasteiger partial charge is 0.465 e. The normalized spacial score (nSPS) is 11.7. The Morgan fingerprint density at radius 1 is 1.31 bits per heavy atom. The predicted molar refractivity (Wildman–Crippen MR) is 102 cm³/mol. The van der Waals surface area contributed by atoms with Crippen molar-refractivity contribution in [1.82, 2.24) is 10.6 Å². The van der Waals surface area contributed by atoms with E-state index in [1.807, 2.05) is 6.92 Å². The van der Waals surface area contributed by atoms with Crippen LogP contribution in [-0.2, 0) is 11.2 Å². The van der Waals surface area contributed by atoms with Crippen molar-refractivity contribution in [3.05, 3.63) is 28.8 Å². The van der Waals surface area contributed by atoms with Gasteiger partial charge in [0, 0.05) is 23.8 Å². The van der Waals surface area contributed by atoms with E-state index in [9.17, 15) is 9.59 Å². The minimum absolute atomic E-state index is 0.248. The molecule has 0 fully saturated rings. The third kappa shape index (κ3) is 8.57. The van der Waals surface area contributed by atoms with E-state index in [-0.39, 0.29) is 12.5 Å². The molecule has 0 saturated heterocycles. The average molecular weight is 385 g/mol. The van der Waals surface area contributed by atoms with Crippen LogP contribution in [0.2, 0.25) is 5.02 Å². The molecule has 0 aliphatic heterocycles. The van der Waals surface area contributed by atoms with Crippen molar-refractivity contribution in [3.63, 3.8) is 0 Å². The lowest BCUT2D eigenvalue weighted by molar-refractivity contribution is 0.0563. The molecular weight excluding hydrogens is 360 g/mol. The van der Waals surface area contributed by atoms with Crippen molar-refractivity contribution < 1.29 is 19.4 Å². The highest BCUT2D eigenvalue weighted by Gasteiger charge is 2.17. The van der Waals surface area contributed by atoms with Gasteiger partial charge in [-0.25, -0.2) is 9.59 Å². The van der Waals surface area contributed by atoms with Crippen LogP contribution in [0.5, 0.6) is 0 Å². The summed E-state index contributed by atoms with van der Waals surface area (Å²) in [5.74, 6) is 0.248. The topological polar surface area (TPSA) is 112 Å². The second kappa shape index (κ2) is 9.86. The minimum Gasteiger partial charge on any atom is -0.465 e. The maximum Gasteiger partial charge on any atom is 0.414 e. The van der Waals surface area contributed by atoms with Crippen molar-refractivity contribution in [1.29, 1.82) is 0 Å². The van der Waals surface area contributed by atoms with Crippen LogP contribution in [0.15, 0.2) is 23.2 Å². The number of carbonyl (C=O) groups excluding carboxylic acids is 1. The second-order valence-electron chi connectivity index (χ2n) is 6.36. The number of carbonyl (C=O) groups is 2. The van der Waals surface area contributed by atoms with Gasteiger partial charge in [-0.3, -0.25) is 10.3 Å². The van der Waals surface area contributed by atoms with E-state index >= 15 is 0 Å². The summed E-state index contributed by atoms with van der Waals surface area (Å²) in [5.41, 5.74) is 0.823. The molecule has 9 heteroatoms. The van der Waals surface area contributed by atoms with Gasteiger partial charge >= 0.3 is 12.2 Å². The Morgan fingerprint density at radius 3 is 2.54 bits per heavy atom. The molecular formula is C17H25ClN4O4. The molecule has 4 N–H and O–H groups in total. The van der Waals surface area contributed by atoms with Gasteiger partial charge in [-0.1, -0.05) is 17.7 Å². The smallest absolute Gasteiger partial charge is 0.414 e. The monoisotopic (exact) mass is 384 g/mol. The van der Waals surface area contributed by atoms with Gasteiger partial charge in [-0.15, -0.1) is 0 Å². The molecule has 0 bridgehead atoms. The molecule has 0 unspecified atom stereocenters. The van der Waals surface area contributed by atoms with Crippen LogP contribution in [0.25, 0.3) is 0 Å². The number of halogens is 1. The van der Waals surface area contributed by atoms with E-state index in [2.05, 4.69) is 20.9 Å². The fraction of sp³-hybridized carbons (Fsp3) is 0.471. The summed E-state index contributed by atoms with van der Waals surface area (Å²) >= 11 is 6.23. The summed E-state index contributed by atoms with van der Waals surface area (Å²) in [6.45, 7) is 7.89. The quantitative estimate of drug-likeness (QED) is 0.458. The third-order valence-corrected chi connectivity index (χ3v) is 3.27. The van der Waals surface area contributed by atoms with Gasteiger partial charge < -0.3 is 20.5 Å². The summed E-state index contributed by atoms with van der Waals surface area (Å²) in [6.07, 6.45) is -1.22. The molecule has 2 amide bonds. The number of nitrogens with zero attached hydrogens (tertiary/aromatic N) is 1. The third-order valence-electron chi connectivity index (χ3n) is 2.92. The molecule has 0 saturated carbocycles. The maximum atomic E-state index is 11.9. The molecule has 0 radical (unpaired) electrons. The zero-order chi connectivity index (χ0) is 19.7. The molecule has 1 aromatic carbocycles. The Balaban J connectivity index is 2.74. The van der Waals surface area contributed by atoms with Gasteiger partial charge in [0.25, 0.3) is 0 Å². The Hall–Kier alpha value is -2.48. The van der Waals surface area contributed by atoms with Gasteiger partial charge in [0.15, 0.2) is 0 Å². The lowest BCUT2D eigenvalue weighted by Gasteiger charge is -2.20. The maximum absolute atomic E-state index is 11.9. The molecule has 1 rings (SSSR count). The molecule has 0 heterocycles.